The number of esters is 1. The highest BCUT2D eigenvalue weighted by Gasteiger charge is 2.73. The van der Waals surface area contributed by atoms with E-state index in [0.717, 1.165) is 11.1 Å². The van der Waals surface area contributed by atoms with Gasteiger partial charge in [-0.15, -0.1) is 0 Å². The third kappa shape index (κ3) is 3.16. The van der Waals surface area contributed by atoms with E-state index in [-0.39, 0.29) is 18.9 Å². The van der Waals surface area contributed by atoms with Crippen molar-refractivity contribution in [2.75, 3.05) is 24.6 Å². The first-order valence-electron chi connectivity index (χ1n) is 11.6. The molecule has 3 aliphatic heterocycles. The Labute approximate surface area is 197 Å². The molecule has 8 heteroatoms. The van der Waals surface area contributed by atoms with E-state index in [1.165, 1.54) is 4.90 Å². The summed E-state index contributed by atoms with van der Waals surface area (Å²) < 4.78 is 5.22. The van der Waals surface area contributed by atoms with E-state index in [2.05, 4.69) is 5.32 Å². The standard InChI is InChI=1S/C26H27N3O5/c1-3-34-19(30)15-26-21-20(23(31)29(24(21)32)18-11-9-16(2)10-12-18)22(17-7-5-4-6-8-17)28(26)14-13-27-25(26)33/h4-12,20-22H,3,13-15H2,1-2H3,(H,27,33)/t20-,21+,22-,26+/m1/s1. The first-order valence-corrected chi connectivity index (χ1v) is 11.6. The normalized spacial score (nSPS) is 28.5. The molecule has 3 heterocycles. The first kappa shape index (κ1) is 22.3. The van der Waals surface area contributed by atoms with Crippen molar-refractivity contribution in [3.05, 3.63) is 65.7 Å². The summed E-state index contributed by atoms with van der Waals surface area (Å²) in [5.74, 6) is -3.58. The van der Waals surface area contributed by atoms with Crippen molar-refractivity contribution in [3.8, 4) is 0 Å². The molecule has 0 aliphatic carbocycles. The van der Waals surface area contributed by atoms with Crippen molar-refractivity contribution < 1.29 is 23.9 Å². The second-order valence-corrected chi connectivity index (χ2v) is 9.06. The van der Waals surface area contributed by atoms with Crippen LogP contribution in [0.1, 0.15) is 30.5 Å². The molecule has 4 atom stereocenters. The average molecular weight is 462 g/mol. The number of aryl methyl sites for hydroxylation is 1. The average Bonchev–Trinajstić information content (AvgIpc) is 3.26. The van der Waals surface area contributed by atoms with Gasteiger partial charge in [-0.1, -0.05) is 48.0 Å². The van der Waals surface area contributed by atoms with Crippen LogP contribution in [-0.4, -0.2) is 53.8 Å². The van der Waals surface area contributed by atoms with E-state index in [9.17, 15) is 19.2 Å². The van der Waals surface area contributed by atoms with Gasteiger partial charge < -0.3 is 10.1 Å². The summed E-state index contributed by atoms with van der Waals surface area (Å²) in [5.41, 5.74) is 0.810. The largest absolute Gasteiger partial charge is 0.466 e. The Balaban J connectivity index is 1.68. The summed E-state index contributed by atoms with van der Waals surface area (Å²) in [6.45, 7) is 4.58. The highest BCUT2D eigenvalue weighted by atomic mass is 16.5. The summed E-state index contributed by atoms with van der Waals surface area (Å²) >= 11 is 0. The topological polar surface area (TPSA) is 96.0 Å². The van der Waals surface area contributed by atoms with E-state index in [4.69, 9.17) is 4.74 Å². The van der Waals surface area contributed by atoms with Crippen molar-refractivity contribution in [3.63, 3.8) is 0 Å². The Bertz CT molecular complexity index is 1150. The Morgan fingerprint density at radius 1 is 1.06 bits per heavy atom. The molecule has 2 aromatic rings. The van der Waals surface area contributed by atoms with E-state index >= 15 is 0 Å². The number of rotatable bonds is 5. The van der Waals surface area contributed by atoms with Gasteiger partial charge in [-0.3, -0.25) is 24.1 Å². The molecule has 2 aromatic carbocycles. The fraction of sp³-hybridized carbons (Fsp3) is 0.385. The second-order valence-electron chi connectivity index (χ2n) is 9.06. The molecule has 3 amide bonds. The van der Waals surface area contributed by atoms with Gasteiger partial charge >= 0.3 is 5.97 Å². The number of carbonyl (C=O) groups excluding carboxylic acids is 4. The molecule has 0 spiro atoms. The van der Waals surface area contributed by atoms with Gasteiger partial charge in [-0.25, -0.2) is 4.90 Å². The summed E-state index contributed by atoms with van der Waals surface area (Å²) in [6, 6.07) is 16.1. The number of imide groups is 1. The van der Waals surface area contributed by atoms with Crippen molar-refractivity contribution in [2.24, 2.45) is 11.8 Å². The summed E-state index contributed by atoms with van der Waals surface area (Å²) in [4.78, 5) is 57.3. The van der Waals surface area contributed by atoms with Crippen molar-refractivity contribution in [1.29, 1.82) is 0 Å². The predicted octanol–water partition coefficient (Wildman–Crippen LogP) is 1.98. The third-order valence-corrected chi connectivity index (χ3v) is 7.24. The van der Waals surface area contributed by atoms with Crippen LogP contribution in [0.4, 0.5) is 5.69 Å². The number of amides is 3. The minimum absolute atomic E-state index is 0.162. The molecule has 3 saturated heterocycles. The minimum Gasteiger partial charge on any atom is -0.466 e. The lowest BCUT2D eigenvalue weighted by Crippen LogP contribution is -2.67. The second kappa shape index (κ2) is 8.36. The monoisotopic (exact) mass is 461 g/mol. The van der Waals surface area contributed by atoms with Gasteiger partial charge in [0.15, 0.2) is 0 Å². The van der Waals surface area contributed by atoms with Crippen LogP contribution in [-0.2, 0) is 23.9 Å². The molecular formula is C26H27N3O5. The smallest absolute Gasteiger partial charge is 0.308 e. The van der Waals surface area contributed by atoms with Gasteiger partial charge in [-0.2, -0.15) is 0 Å². The molecular weight excluding hydrogens is 434 g/mol. The Hall–Kier alpha value is -3.52. The Morgan fingerprint density at radius 2 is 1.76 bits per heavy atom. The quantitative estimate of drug-likeness (QED) is 0.540. The molecule has 3 fully saturated rings. The summed E-state index contributed by atoms with van der Waals surface area (Å²) in [5, 5.41) is 2.85. The molecule has 3 aliphatic rings. The van der Waals surface area contributed by atoms with Crippen LogP contribution in [0.5, 0.6) is 0 Å². The van der Waals surface area contributed by atoms with Crippen molar-refractivity contribution in [1.82, 2.24) is 10.2 Å². The zero-order chi connectivity index (χ0) is 24.0. The van der Waals surface area contributed by atoms with Gasteiger partial charge in [0, 0.05) is 19.1 Å². The zero-order valence-electron chi connectivity index (χ0n) is 19.2. The SMILES string of the molecule is CCOC(=O)C[C@]12C(=O)NCCN1[C@H](c1ccccc1)[C@@H]1C(=O)N(c3ccc(C)cc3)C(=O)[C@H]12. The van der Waals surface area contributed by atoms with Crippen LogP contribution < -0.4 is 10.2 Å². The first-order chi connectivity index (χ1) is 16.4. The number of hydrogen-bond acceptors (Lipinski definition) is 6. The maximum atomic E-state index is 14.0. The number of anilines is 1. The van der Waals surface area contributed by atoms with Crippen LogP contribution in [0, 0.1) is 18.8 Å². The van der Waals surface area contributed by atoms with E-state index < -0.39 is 41.2 Å². The van der Waals surface area contributed by atoms with Gasteiger partial charge in [0.25, 0.3) is 0 Å². The number of piperazine rings is 1. The summed E-state index contributed by atoms with van der Waals surface area (Å²) in [7, 11) is 0. The lowest BCUT2D eigenvalue weighted by Gasteiger charge is -2.45. The van der Waals surface area contributed by atoms with Crippen molar-refractivity contribution >= 4 is 29.4 Å². The fourth-order valence-electron chi connectivity index (χ4n) is 5.90. The van der Waals surface area contributed by atoms with Gasteiger partial charge in [0.05, 0.1) is 30.6 Å². The molecule has 5 rings (SSSR count). The number of hydrogen-bond donors (Lipinski definition) is 1. The van der Waals surface area contributed by atoms with Gasteiger partial charge in [0.1, 0.15) is 5.54 Å². The molecule has 176 valence electrons. The number of carbonyl (C=O) groups is 4. The van der Waals surface area contributed by atoms with Crippen LogP contribution in [0.15, 0.2) is 54.6 Å². The number of nitrogens with zero attached hydrogens (tertiary/aromatic N) is 2. The number of nitrogens with one attached hydrogen (secondary N) is 1. The van der Waals surface area contributed by atoms with E-state index in [1.807, 2.05) is 54.3 Å². The zero-order valence-corrected chi connectivity index (χ0v) is 19.2. The molecule has 0 bridgehead atoms. The van der Waals surface area contributed by atoms with Crippen LogP contribution in [0.25, 0.3) is 0 Å². The molecule has 0 radical (unpaired) electrons. The number of fused-ring (bicyclic) bond motifs is 3. The van der Waals surface area contributed by atoms with E-state index in [1.54, 1.807) is 19.1 Å². The highest BCUT2D eigenvalue weighted by molar-refractivity contribution is 6.24. The predicted molar refractivity (Wildman–Crippen MR) is 124 cm³/mol. The fourth-order valence-corrected chi connectivity index (χ4v) is 5.90. The molecule has 34 heavy (non-hydrogen) atoms. The maximum Gasteiger partial charge on any atom is 0.308 e. The van der Waals surface area contributed by atoms with Crippen LogP contribution >= 0.6 is 0 Å². The van der Waals surface area contributed by atoms with Gasteiger partial charge in [0.2, 0.25) is 17.7 Å². The summed E-state index contributed by atoms with van der Waals surface area (Å²) in [6.07, 6.45) is -0.294. The molecule has 8 nitrogen and oxygen atoms in total. The molecule has 0 aromatic heterocycles. The van der Waals surface area contributed by atoms with Gasteiger partial charge in [-0.05, 0) is 31.5 Å². The number of benzene rings is 2. The lowest BCUT2D eigenvalue weighted by molar-refractivity contribution is -0.156. The van der Waals surface area contributed by atoms with Crippen LogP contribution in [0.2, 0.25) is 0 Å². The van der Waals surface area contributed by atoms with Crippen LogP contribution in [0.3, 0.4) is 0 Å². The Morgan fingerprint density at radius 3 is 2.44 bits per heavy atom. The van der Waals surface area contributed by atoms with Crippen molar-refractivity contribution in [2.45, 2.75) is 31.8 Å². The molecule has 1 N–H and O–H groups in total. The maximum absolute atomic E-state index is 14.0. The third-order valence-electron chi connectivity index (χ3n) is 7.24. The molecule has 0 saturated carbocycles. The Kier molecular flexibility index (Phi) is 5.48. The lowest BCUT2D eigenvalue weighted by atomic mass is 9.76. The molecule has 0 unspecified atom stereocenters. The number of ether oxygens (including phenoxy) is 1. The highest BCUT2D eigenvalue weighted by Crippen LogP contribution is 2.57. The minimum atomic E-state index is -1.50. The van der Waals surface area contributed by atoms with E-state index in [0.29, 0.717) is 18.8 Å².